The van der Waals surface area contributed by atoms with E-state index in [0.717, 1.165) is 19.6 Å². The molecule has 0 spiro atoms. The van der Waals surface area contributed by atoms with Gasteiger partial charge in [-0.1, -0.05) is 0 Å². The highest BCUT2D eigenvalue weighted by Crippen LogP contribution is 2.27. The third kappa shape index (κ3) is 1.71. The van der Waals surface area contributed by atoms with Gasteiger partial charge in [0.1, 0.15) is 0 Å². The van der Waals surface area contributed by atoms with E-state index in [1.807, 2.05) is 11.3 Å². The number of rotatable bonds is 1. The highest BCUT2D eigenvalue weighted by atomic mass is 32.1. The minimum absolute atomic E-state index is 0.627. The summed E-state index contributed by atoms with van der Waals surface area (Å²) in [6, 6.07) is 2.86. The molecule has 0 bridgehead atoms. The van der Waals surface area contributed by atoms with Gasteiger partial charge in [0.15, 0.2) is 0 Å². The lowest BCUT2D eigenvalue weighted by Gasteiger charge is -2.35. The van der Waals surface area contributed by atoms with E-state index in [9.17, 15) is 0 Å². The molecule has 13 heavy (non-hydrogen) atoms. The van der Waals surface area contributed by atoms with Crippen LogP contribution in [0.4, 0.5) is 5.69 Å². The van der Waals surface area contributed by atoms with Crippen LogP contribution in [-0.4, -0.2) is 25.7 Å². The SMILES string of the molecule is Cc1sccc1N1CCNC[C@@H]1C. The topological polar surface area (TPSA) is 15.3 Å². The van der Waals surface area contributed by atoms with Gasteiger partial charge >= 0.3 is 0 Å². The number of thiophene rings is 1. The van der Waals surface area contributed by atoms with E-state index in [4.69, 9.17) is 0 Å². The first kappa shape index (κ1) is 9.03. The Morgan fingerprint density at radius 3 is 3.08 bits per heavy atom. The van der Waals surface area contributed by atoms with Crippen LogP contribution in [0.1, 0.15) is 11.8 Å². The van der Waals surface area contributed by atoms with Crippen molar-refractivity contribution in [2.75, 3.05) is 24.5 Å². The van der Waals surface area contributed by atoms with E-state index < -0.39 is 0 Å². The van der Waals surface area contributed by atoms with Crippen molar-refractivity contribution in [3.63, 3.8) is 0 Å². The number of nitrogens with zero attached hydrogens (tertiary/aromatic N) is 1. The molecule has 0 aliphatic carbocycles. The summed E-state index contributed by atoms with van der Waals surface area (Å²) in [6.45, 7) is 7.84. The number of piperazine rings is 1. The fraction of sp³-hybridized carbons (Fsp3) is 0.600. The van der Waals surface area contributed by atoms with E-state index in [0.29, 0.717) is 6.04 Å². The summed E-state index contributed by atoms with van der Waals surface area (Å²) in [6.07, 6.45) is 0. The van der Waals surface area contributed by atoms with Gasteiger partial charge < -0.3 is 10.2 Å². The molecule has 0 aromatic carbocycles. The molecule has 72 valence electrons. The van der Waals surface area contributed by atoms with Gasteiger partial charge in [-0.25, -0.2) is 0 Å². The van der Waals surface area contributed by atoms with E-state index in [2.05, 4.69) is 35.5 Å². The van der Waals surface area contributed by atoms with Crippen LogP contribution >= 0.6 is 11.3 Å². The minimum atomic E-state index is 0.627. The van der Waals surface area contributed by atoms with E-state index >= 15 is 0 Å². The van der Waals surface area contributed by atoms with Gasteiger partial charge in [0.05, 0.1) is 5.69 Å². The van der Waals surface area contributed by atoms with Crippen molar-refractivity contribution in [3.8, 4) is 0 Å². The Kier molecular flexibility index (Phi) is 2.56. The molecule has 0 unspecified atom stereocenters. The van der Waals surface area contributed by atoms with Gasteiger partial charge in [0.2, 0.25) is 0 Å². The molecule has 1 aromatic rings. The maximum Gasteiger partial charge on any atom is 0.0507 e. The fourth-order valence-corrected chi connectivity index (χ4v) is 2.58. The summed E-state index contributed by atoms with van der Waals surface area (Å²) in [5, 5.41) is 5.59. The lowest BCUT2D eigenvalue weighted by atomic mass is 10.2. The first-order chi connectivity index (χ1) is 6.29. The van der Waals surface area contributed by atoms with Gasteiger partial charge in [-0.2, -0.15) is 0 Å². The number of anilines is 1. The summed E-state index contributed by atoms with van der Waals surface area (Å²) in [4.78, 5) is 3.94. The van der Waals surface area contributed by atoms with Crippen molar-refractivity contribution in [1.82, 2.24) is 5.32 Å². The number of hydrogen-bond donors (Lipinski definition) is 1. The summed E-state index contributed by atoms with van der Waals surface area (Å²) in [7, 11) is 0. The van der Waals surface area contributed by atoms with E-state index in [1.54, 1.807) is 0 Å². The molecule has 1 saturated heterocycles. The van der Waals surface area contributed by atoms with Crippen molar-refractivity contribution < 1.29 is 0 Å². The van der Waals surface area contributed by atoms with Crippen LogP contribution in [0.25, 0.3) is 0 Å². The van der Waals surface area contributed by atoms with Crippen molar-refractivity contribution in [2.45, 2.75) is 19.9 Å². The second kappa shape index (κ2) is 3.68. The zero-order valence-electron chi connectivity index (χ0n) is 8.21. The monoisotopic (exact) mass is 196 g/mol. The second-order valence-electron chi connectivity index (χ2n) is 3.61. The second-order valence-corrected chi connectivity index (χ2v) is 4.73. The standard InChI is InChI=1S/C10H16N2S/c1-8-7-11-4-5-12(8)10-3-6-13-9(10)2/h3,6,8,11H,4-5,7H2,1-2H3/t8-/m0/s1. The molecular weight excluding hydrogens is 180 g/mol. The molecule has 1 aliphatic heterocycles. The molecular formula is C10H16N2S. The third-order valence-electron chi connectivity index (χ3n) is 2.64. The first-order valence-corrected chi connectivity index (χ1v) is 5.68. The van der Waals surface area contributed by atoms with E-state index in [-0.39, 0.29) is 0 Å². The normalized spacial score (nSPS) is 23.5. The maximum atomic E-state index is 3.41. The van der Waals surface area contributed by atoms with Crippen LogP contribution in [-0.2, 0) is 0 Å². The Bertz CT molecular complexity index is 282. The van der Waals surface area contributed by atoms with Crippen molar-refractivity contribution in [3.05, 3.63) is 16.3 Å². The largest absolute Gasteiger partial charge is 0.365 e. The molecule has 0 saturated carbocycles. The lowest BCUT2D eigenvalue weighted by Crippen LogP contribution is -2.50. The molecule has 0 amide bonds. The smallest absolute Gasteiger partial charge is 0.0507 e. The molecule has 1 N–H and O–H groups in total. The third-order valence-corrected chi connectivity index (χ3v) is 3.48. The number of hydrogen-bond acceptors (Lipinski definition) is 3. The van der Waals surface area contributed by atoms with Crippen LogP contribution in [0.2, 0.25) is 0 Å². The van der Waals surface area contributed by atoms with Crippen LogP contribution in [0.15, 0.2) is 11.4 Å². The van der Waals surface area contributed by atoms with Crippen LogP contribution < -0.4 is 10.2 Å². The molecule has 1 fully saturated rings. The molecule has 2 rings (SSSR count). The van der Waals surface area contributed by atoms with E-state index in [1.165, 1.54) is 10.6 Å². The Hall–Kier alpha value is -0.540. The highest BCUT2D eigenvalue weighted by Gasteiger charge is 2.19. The first-order valence-electron chi connectivity index (χ1n) is 4.80. The Morgan fingerprint density at radius 2 is 2.46 bits per heavy atom. The quantitative estimate of drug-likeness (QED) is 0.737. The highest BCUT2D eigenvalue weighted by molar-refractivity contribution is 7.10. The van der Waals surface area contributed by atoms with Gasteiger partial charge in [0, 0.05) is 30.6 Å². The molecule has 1 atom stereocenters. The fourth-order valence-electron chi connectivity index (χ4n) is 1.88. The average molecular weight is 196 g/mol. The summed E-state index contributed by atoms with van der Waals surface area (Å²) >= 11 is 1.84. The van der Waals surface area contributed by atoms with Gasteiger partial charge in [-0.3, -0.25) is 0 Å². The summed E-state index contributed by atoms with van der Waals surface area (Å²) < 4.78 is 0. The number of aryl methyl sites for hydroxylation is 1. The van der Waals surface area contributed by atoms with Crippen LogP contribution in [0, 0.1) is 6.92 Å². The number of nitrogens with one attached hydrogen (secondary N) is 1. The summed E-state index contributed by atoms with van der Waals surface area (Å²) in [5.41, 5.74) is 1.43. The minimum Gasteiger partial charge on any atom is -0.365 e. The Morgan fingerprint density at radius 1 is 1.62 bits per heavy atom. The summed E-state index contributed by atoms with van der Waals surface area (Å²) in [5.74, 6) is 0. The van der Waals surface area contributed by atoms with Crippen LogP contribution in [0.3, 0.4) is 0 Å². The molecule has 2 nitrogen and oxygen atoms in total. The van der Waals surface area contributed by atoms with Crippen molar-refractivity contribution in [1.29, 1.82) is 0 Å². The Balaban J connectivity index is 2.19. The van der Waals surface area contributed by atoms with Gasteiger partial charge in [0.25, 0.3) is 0 Å². The van der Waals surface area contributed by atoms with Crippen molar-refractivity contribution >= 4 is 17.0 Å². The van der Waals surface area contributed by atoms with Crippen molar-refractivity contribution in [2.24, 2.45) is 0 Å². The molecule has 1 aliphatic rings. The maximum absolute atomic E-state index is 3.41. The average Bonchev–Trinajstić information content (AvgIpc) is 2.52. The lowest BCUT2D eigenvalue weighted by molar-refractivity contribution is 0.501. The zero-order chi connectivity index (χ0) is 9.26. The zero-order valence-corrected chi connectivity index (χ0v) is 9.03. The van der Waals surface area contributed by atoms with Gasteiger partial charge in [-0.15, -0.1) is 11.3 Å². The molecule has 0 radical (unpaired) electrons. The van der Waals surface area contributed by atoms with Gasteiger partial charge in [-0.05, 0) is 25.3 Å². The predicted molar refractivity (Wildman–Crippen MR) is 58.7 cm³/mol. The Labute approximate surface area is 83.6 Å². The molecule has 3 heteroatoms. The molecule has 2 heterocycles. The predicted octanol–water partition coefficient (Wildman–Crippen LogP) is 1.85. The van der Waals surface area contributed by atoms with Crippen LogP contribution in [0.5, 0.6) is 0 Å². The molecule has 1 aromatic heterocycles.